The van der Waals surface area contributed by atoms with Gasteiger partial charge in [0.05, 0.1) is 18.4 Å². The van der Waals surface area contributed by atoms with E-state index in [1.807, 2.05) is 0 Å². The van der Waals surface area contributed by atoms with Crippen LogP contribution < -0.4 is 10.1 Å². The first-order valence-electron chi connectivity index (χ1n) is 5.81. The summed E-state index contributed by atoms with van der Waals surface area (Å²) in [4.78, 5) is 23.4. The number of anilines is 1. The molecule has 19 heavy (non-hydrogen) atoms. The molecule has 1 aromatic rings. The van der Waals surface area contributed by atoms with E-state index in [0.717, 1.165) is 5.56 Å². The van der Waals surface area contributed by atoms with Crippen LogP contribution in [0.4, 0.5) is 5.69 Å². The standard InChI is InChI=1S/C13H14N2O4/c1-7(16)14-11-6-9(19-2)5-8-3-4-10(15-18)13(17)12(8)11/h5-6,18H,3-4H2,1-2H3,(H,14,16)/b15-10-. The molecule has 0 atom stereocenters. The zero-order chi connectivity index (χ0) is 14.0. The number of rotatable bonds is 2. The molecule has 1 aromatic carbocycles. The molecule has 0 aromatic heterocycles. The van der Waals surface area contributed by atoms with Crippen molar-refractivity contribution in [2.45, 2.75) is 19.8 Å². The highest BCUT2D eigenvalue weighted by molar-refractivity contribution is 6.48. The van der Waals surface area contributed by atoms with E-state index in [-0.39, 0.29) is 17.4 Å². The first kappa shape index (κ1) is 13.1. The summed E-state index contributed by atoms with van der Waals surface area (Å²) in [7, 11) is 1.52. The Morgan fingerprint density at radius 1 is 1.42 bits per heavy atom. The fourth-order valence-corrected chi connectivity index (χ4v) is 2.15. The molecule has 0 aliphatic heterocycles. The van der Waals surface area contributed by atoms with E-state index in [9.17, 15) is 9.59 Å². The fourth-order valence-electron chi connectivity index (χ4n) is 2.15. The third-order valence-electron chi connectivity index (χ3n) is 2.98. The summed E-state index contributed by atoms with van der Waals surface area (Å²) in [6.45, 7) is 1.36. The lowest BCUT2D eigenvalue weighted by atomic mass is 9.87. The summed E-state index contributed by atoms with van der Waals surface area (Å²) >= 11 is 0. The van der Waals surface area contributed by atoms with E-state index in [4.69, 9.17) is 9.94 Å². The third kappa shape index (κ3) is 2.42. The van der Waals surface area contributed by atoms with Crippen molar-refractivity contribution in [3.63, 3.8) is 0 Å². The number of carbonyl (C=O) groups is 2. The summed E-state index contributed by atoms with van der Waals surface area (Å²) in [5.41, 5.74) is 1.63. The molecule has 2 N–H and O–H groups in total. The highest BCUT2D eigenvalue weighted by Gasteiger charge is 2.28. The number of methoxy groups -OCH3 is 1. The molecule has 1 aliphatic carbocycles. The third-order valence-corrected chi connectivity index (χ3v) is 2.98. The van der Waals surface area contributed by atoms with Crippen LogP contribution in [0, 0.1) is 0 Å². The Labute approximate surface area is 110 Å². The van der Waals surface area contributed by atoms with E-state index >= 15 is 0 Å². The second-order valence-corrected chi connectivity index (χ2v) is 4.27. The van der Waals surface area contributed by atoms with Crippen molar-refractivity contribution in [2.75, 3.05) is 12.4 Å². The van der Waals surface area contributed by atoms with E-state index in [1.54, 1.807) is 12.1 Å². The number of nitrogens with one attached hydrogen (secondary N) is 1. The number of oxime groups is 1. The molecule has 0 heterocycles. The van der Waals surface area contributed by atoms with Gasteiger partial charge in [-0.1, -0.05) is 5.16 Å². The molecule has 2 rings (SSSR count). The maximum Gasteiger partial charge on any atom is 0.221 e. The first-order chi connectivity index (χ1) is 9.06. The van der Waals surface area contributed by atoms with Crippen LogP contribution in [0.25, 0.3) is 0 Å². The van der Waals surface area contributed by atoms with Crippen molar-refractivity contribution < 1.29 is 19.5 Å². The van der Waals surface area contributed by atoms with Gasteiger partial charge in [0.15, 0.2) is 0 Å². The number of amides is 1. The fraction of sp³-hybridized carbons (Fsp3) is 0.308. The summed E-state index contributed by atoms with van der Waals surface area (Å²) in [6, 6.07) is 3.34. The Kier molecular flexibility index (Phi) is 3.50. The molecule has 0 radical (unpaired) electrons. The smallest absolute Gasteiger partial charge is 0.221 e. The average molecular weight is 262 g/mol. The molecular weight excluding hydrogens is 248 g/mol. The largest absolute Gasteiger partial charge is 0.497 e. The Balaban J connectivity index is 2.59. The Morgan fingerprint density at radius 3 is 2.74 bits per heavy atom. The average Bonchev–Trinajstić information content (AvgIpc) is 2.37. The molecule has 0 fully saturated rings. The van der Waals surface area contributed by atoms with Crippen LogP contribution in [0.5, 0.6) is 5.75 Å². The van der Waals surface area contributed by atoms with Crippen LogP contribution in [0.15, 0.2) is 17.3 Å². The first-order valence-corrected chi connectivity index (χ1v) is 5.81. The number of nitrogens with zero attached hydrogens (tertiary/aromatic N) is 1. The molecule has 6 heteroatoms. The summed E-state index contributed by atoms with van der Waals surface area (Å²) < 4.78 is 5.15. The number of hydrogen-bond donors (Lipinski definition) is 2. The Hall–Kier alpha value is -2.37. The molecule has 1 amide bonds. The number of hydrogen-bond acceptors (Lipinski definition) is 5. The van der Waals surface area contributed by atoms with Crippen molar-refractivity contribution in [1.29, 1.82) is 0 Å². The minimum atomic E-state index is -0.366. The second kappa shape index (κ2) is 5.09. The van der Waals surface area contributed by atoms with Crippen LogP contribution in [0.1, 0.15) is 29.3 Å². The monoisotopic (exact) mass is 262 g/mol. The van der Waals surface area contributed by atoms with Crippen molar-refractivity contribution in [3.05, 3.63) is 23.3 Å². The Morgan fingerprint density at radius 2 is 2.16 bits per heavy atom. The van der Waals surface area contributed by atoms with Gasteiger partial charge in [-0.2, -0.15) is 0 Å². The number of ketones is 1. The van der Waals surface area contributed by atoms with Gasteiger partial charge in [-0.05, 0) is 18.1 Å². The van der Waals surface area contributed by atoms with Crippen molar-refractivity contribution in [2.24, 2.45) is 5.16 Å². The maximum atomic E-state index is 12.2. The van der Waals surface area contributed by atoms with Gasteiger partial charge in [0.1, 0.15) is 11.5 Å². The molecule has 100 valence electrons. The lowest BCUT2D eigenvalue weighted by Crippen LogP contribution is -2.25. The molecule has 0 saturated carbocycles. The SMILES string of the molecule is COc1cc2c(c(NC(C)=O)c1)C(=O)/C(=N\O)CC2. The van der Waals surface area contributed by atoms with Gasteiger partial charge >= 0.3 is 0 Å². The molecule has 0 bridgehead atoms. The number of ether oxygens (including phenoxy) is 1. The number of Topliss-reactive ketones (excluding diaryl/α,β-unsaturated/α-hetero) is 1. The zero-order valence-electron chi connectivity index (χ0n) is 10.7. The summed E-state index contributed by atoms with van der Waals surface area (Å²) in [5, 5.41) is 14.4. The molecule has 0 spiro atoms. The normalized spacial score (nSPS) is 16.1. The van der Waals surface area contributed by atoms with Gasteiger partial charge in [-0.25, -0.2) is 0 Å². The summed E-state index contributed by atoms with van der Waals surface area (Å²) in [5.74, 6) is -0.0776. The van der Waals surface area contributed by atoms with Crippen molar-refractivity contribution >= 4 is 23.1 Å². The number of carbonyl (C=O) groups excluding carboxylic acids is 2. The Bertz CT molecular complexity index is 578. The minimum absolute atomic E-state index is 0.101. The van der Waals surface area contributed by atoms with Gasteiger partial charge in [0, 0.05) is 19.4 Å². The van der Waals surface area contributed by atoms with Gasteiger partial charge < -0.3 is 15.3 Å². The van der Waals surface area contributed by atoms with E-state index in [1.165, 1.54) is 14.0 Å². The number of fused-ring (bicyclic) bond motifs is 1. The minimum Gasteiger partial charge on any atom is -0.497 e. The van der Waals surface area contributed by atoms with Crippen LogP contribution in [0.2, 0.25) is 0 Å². The molecule has 0 unspecified atom stereocenters. The van der Waals surface area contributed by atoms with Crippen molar-refractivity contribution in [3.8, 4) is 5.75 Å². The zero-order valence-corrected chi connectivity index (χ0v) is 10.7. The maximum absolute atomic E-state index is 12.2. The summed E-state index contributed by atoms with van der Waals surface area (Å²) in [6.07, 6.45) is 0.930. The molecule has 6 nitrogen and oxygen atoms in total. The van der Waals surface area contributed by atoms with Gasteiger partial charge in [0.2, 0.25) is 11.7 Å². The van der Waals surface area contributed by atoms with E-state index in [2.05, 4.69) is 10.5 Å². The van der Waals surface area contributed by atoms with E-state index < -0.39 is 0 Å². The molecule has 1 aliphatic rings. The number of benzene rings is 1. The predicted octanol–water partition coefficient (Wildman–Crippen LogP) is 1.61. The predicted molar refractivity (Wildman–Crippen MR) is 69.2 cm³/mol. The number of aryl methyl sites for hydroxylation is 1. The van der Waals surface area contributed by atoms with Gasteiger partial charge in [0.25, 0.3) is 0 Å². The molecular formula is C13H14N2O4. The van der Waals surface area contributed by atoms with Crippen LogP contribution >= 0.6 is 0 Å². The molecule has 0 saturated heterocycles. The van der Waals surface area contributed by atoms with Crippen LogP contribution in [-0.4, -0.2) is 29.7 Å². The highest BCUT2D eigenvalue weighted by Crippen LogP contribution is 2.31. The topological polar surface area (TPSA) is 88.0 Å². The highest BCUT2D eigenvalue weighted by atomic mass is 16.5. The van der Waals surface area contributed by atoms with Crippen LogP contribution in [-0.2, 0) is 11.2 Å². The lowest BCUT2D eigenvalue weighted by molar-refractivity contribution is -0.114. The van der Waals surface area contributed by atoms with Crippen molar-refractivity contribution in [1.82, 2.24) is 0 Å². The van der Waals surface area contributed by atoms with Crippen LogP contribution in [0.3, 0.4) is 0 Å². The van der Waals surface area contributed by atoms with Gasteiger partial charge in [-0.15, -0.1) is 0 Å². The lowest BCUT2D eigenvalue weighted by Gasteiger charge is -2.20. The second-order valence-electron chi connectivity index (χ2n) is 4.27. The van der Waals surface area contributed by atoms with Gasteiger partial charge in [-0.3, -0.25) is 9.59 Å². The van der Waals surface area contributed by atoms with E-state index in [0.29, 0.717) is 29.8 Å². The quantitative estimate of drug-likeness (QED) is 0.626.